The minimum Gasteiger partial charge on any atom is -0.480 e. The average Bonchev–Trinajstić information content (AvgIpc) is 2.60. The monoisotopic (exact) mass is 358 g/mol. The van der Waals surface area contributed by atoms with Gasteiger partial charge in [-0.3, -0.25) is 9.20 Å². The first-order valence-electron chi connectivity index (χ1n) is 7.55. The van der Waals surface area contributed by atoms with Crippen LogP contribution < -0.4 is 10.3 Å². The Morgan fingerprint density at radius 2 is 2.04 bits per heavy atom. The SMILES string of the molecule is Cc1ccc2nc(COC(=O)COc3ccccc3Cl)cc(=O)n2c1. The summed E-state index contributed by atoms with van der Waals surface area (Å²) >= 11 is 5.94. The van der Waals surface area contributed by atoms with Gasteiger partial charge in [-0.25, -0.2) is 9.78 Å². The molecule has 2 aromatic heterocycles. The highest BCUT2D eigenvalue weighted by Crippen LogP contribution is 2.22. The first kappa shape index (κ1) is 17.0. The maximum absolute atomic E-state index is 12.1. The zero-order chi connectivity index (χ0) is 17.8. The summed E-state index contributed by atoms with van der Waals surface area (Å²) in [6.45, 7) is 1.50. The molecular weight excluding hydrogens is 344 g/mol. The van der Waals surface area contributed by atoms with Crippen LogP contribution in [-0.2, 0) is 16.1 Å². The van der Waals surface area contributed by atoms with Crippen LogP contribution in [-0.4, -0.2) is 22.0 Å². The fourth-order valence-corrected chi connectivity index (χ4v) is 2.42. The number of ether oxygens (including phenoxy) is 2. The van der Waals surface area contributed by atoms with Crippen molar-refractivity contribution in [1.82, 2.24) is 9.38 Å². The van der Waals surface area contributed by atoms with Gasteiger partial charge in [0.1, 0.15) is 18.0 Å². The van der Waals surface area contributed by atoms with Gasteiger partial charge in [0.05, 0.1) is 10.7 Å². The highest BCUT2D eigenvalue weighted by Gasteiger charge is 2.09. The summed E-state index contributed by atoms with van der Waals surface area (Å²) in [4.78, 5) is 28.2. The molecule has 0 aliphatic rings. The van der Waals surface area contributed by atoms with E-state index in [4.69, 9.17) is 21.1 Å². The Hall–Kier alpha value is -2.86. The summed E-state index contributed by atoms with van der Waals surface area (Å²) in [5.41, 5.74) is 1.59. The van der Waals surface area contributed by atoms with Crippen LogP contribution in [0.3, 0.4) is 0 Å². The Labute approximate surface area is 148 Å². The number of aryl methyl sites for hydroxylation is 1. The first-order valence-corrected chi connectivity index (χ1v) is 7.92. The third-order valence-electron chi connectivity index (χ3n) is 3.42. The Bertz CT molecular complexity index is 984. The van der Waals surface area contributed by atoms with Crippen molar-refractivity contribution in [2.75, 3.05) is 6.61 Å². The highest BCUT2D eigenvalue weighted by molar-refractivity contribution is 6.32. The normalized spacial score (nSPS) is 10.6. The largest absolute Gasteiger partial charge is 0.480 e. The third kappa shape index (κ3) is 4.16. The van der Waals surface area contributed by atoms with Gasteiger partial charge in [0.15, 0.2) is 6.61 Å². The van der Waals surface area contributed by atoms with Crippen LogP contribution in [0.4, 0.5) is 0 Å². The summed E-state index contributed by atoms with van der Waals surface area (Å²) in [5.74, 6) is -0.176. The molecule has 3 rings (SSSR count). The van der Waals surface area contributed by atoms with Crippen LogP contribution in [0.1, 0.15) is 11.3 Å². The second-order valence-corrected chi connectivity index (χ2v) is 5.81. The topological polar surface area (TPSA) is 69.9 Å². The van der Waals surface area contributed by atoms with Crippen LogP contribution in [0.2, 0.25) is 5.02 Å². The molecule has 2 heterocycles. The van der Waals surface area contributed by atoms with Gasteiger partial charge in [-0.1, -0.05) is 29.8 Å². The predicted molar refractivity (Wildman–Crippen MR) is 92.9 cm³/mol. The lowest BCUT2D eigenvalue weighted by molar-refractivity contribution is -0.147. The lowest BCUT2D eigenvalue weighted by Crippen LogP contribution is -2.18. The van der Waals surface area contributed by atoms with E-state index in [0.717, 1.165) is 5.56 Å². The van der Waals surface area contributed by atoms with Crippen molar-refractivity contribution in [3.63, 3.8) is 0 Å². The van der Waals surface area contributed by atoms with Gasteiger partial charge < -0.3 is 9.47 Å². The molecular formula is C18H15ClN2O4. The Balaban J connectivity index is 1.62. The number of hydrogen-bond donors (Lipinski definition) is 0. The lowest BCUT2D eigenvalue weighted by Gasteiger charge is -2.08. The molecule has 25 heavy (non-hydrogen) atoms. The number of aromatic nitrogens is 2. The van der Waals surface area contributed by atoms with Crippen molar-refractivity contribution in [2.24, 2.45) is 0 Å². The minimum atomic E-state index is -0.578. The predicted octanol–water partition coefficient (Wildman–Crippen LogP) is 2.78. The summed E-state index contributed by atoms with van der Waals surface area (Å²) in [7, 11) is 0. The molecule has 3 aromatic rings. The number of hydrogen-bond acceptors (Lipinski definition) is 5. The maximum Gasteiger partial charge on any atom is 0.344 e. The van der Waals surface area contributed by atoms with Gasteiger partial charge in [0, 0.05) is 12.3 Å². The van der Waals surface area contributed by atoms with Crippen LogP contribution in [0.25, 0.3) is 5.65 Å². The number of carbonyl (C=O) groups is 1. The Kier molecular flexibility index (Phi) is 5.00. The fraction of sp³-hybridized carbons (Fsp3) is 0.167. The number of pyridine rings is 1. The molecule has 0 N–H and O–H groups in total. The third-order valence-corrected chi connectivity index (χ3v) is 3.74. The summed E-state index contributed by atoms with van der Waals surface area (Å²) < 4.78 is 11.8. The number of para-hydroxylation sites is 1. The van der Waals surface area contributed by atoms with Crippen LogP contribution >= 0.6 is 11.6 Å². The van der Waals surface area contributed by atoms with Crippen molar-refractivity contribution < 1.29 is 14.3 Å². The van der Waals surface area contributed by atoms with E-state index in [2.05, 4.69) is 4.98 Å². The van der Waals surface area contributed by atoms with Crippen LogP contribution in [0.5, 0.6) is 5.75 Å². The molecule has 1 aromatic carbocycles. The number of esters is 1. The van der Waals surface area contributed by atoms with E-state index in [9.17, 15) is 9.59 Å². The van der Waals surface area contributed by atoms with Crippen LogP contribution in [0.15, 0.2) is 53.5 Å². The van der Waals surface area contributed by atoms with Crippen molar-refractivity contribution in [3.05, 3.63) is 75.3 Å². The number of halogens is 1. The summed E-state index contributed by atoms with van der Waals surface area (Å²) in [5, 5.41) is 0.412. The number of nitrogens with zero attached hydrogens (tertiary/aromatic N) is 2. The second kappa shape index (κ2) is 7.36. The smallest absolute Gasteiger partial charge is 0.344 e. The molecule has 7 heteroatoms. The highest BCUT2D eigenvalue weighted by atomic mass is 35.5. The van der Waals surface area contributed by atoms with E-state index >= 15 is 0 Å². The maximum atomic E-state index is 12.1. The molecule has 0 amide bonds. The number of rotatable bonds is 5. The van der Waals surface area contributed by atoms with E-state index in [1.165, 1.54) is 10.5 Å². The molecule has 0 bridgehead atoms. The molecule has 0 fully saturated rings. The van der Waals surface area contributed by atoms with Crippen molar-refractivity contribution >= 4 is 23.2 Å². The number of carbonyl (C=O) groups excluding carboxylic acids is 1. The van der Waals surface area contributed by atoms with Gasteiger partial charge in [-0.15, -0.1) is 0 Å². The number of fused-ring (bicyclic) bond motifs is 1. The van der Waals surface area contributed by atoms with Gasteiger partial charge in [0.25, 0.3) is 5.56 Å². The Morgan fingerprint density at radius 1 is 1.24 bits per heavy atom. The first-order chi connectivity index (χ1) is 12.0. The van der Waals surface area contributed by atoms with Gasteiger partial charge in [-0.2, -0.15) is 0 Å². The molecule has 6 nitrogen and oxygen atoms in total. The van der Waals surface area contributed by atoms with E-state index in [0.29, 0.717) is 22.1 Å². The van der Waals surface area contributed by atoms with E-state index < -0.39 is 5.97 Å². The van der Waals surface area contributed by atoms with Gasteiger partial charge in [-0.05, 0) is 30.7 Å². The lowest BCUT2D eigenvalue weighted by atomic mass is 10.3. The standard InChI is InChI=1S/C18H15ClN2O4/c1-12-6-7-16-20-13(8-17(22)21(16)9-12)10-25-18(23)11-24-15-5-3-2-4-14(15)19/h2-9H,10-11H2,1H3. The van der Waals surface area contributed by atoms with Gasteiger partial charge >= 0.3 is 5.97 Å². The van der Waals surface area contributed by atoms with Crippen molar-refractivity contribution in [1.29, 1.82) is 0 Å². The van der Waals surface area contributed by atoms with Gasteiger partial charge in [0.2, 0.25) is 0 Å². The molecule has 0 saturated carbocycles. The molecule has 0 aliphatic carbocycles. The molecule has 0 atom stereocenters. The zero-order valence-electron chi connectivity index (χ0n) is 13.4. The Morgan fingerprint density at radius 3 is 2.84 bits per heavy atom. The average molecular weight is 359 g/mol. The minimum absolute atomic E-state index is 0.107. The fourth-order valence-electron chi connectivity index (χ4n) is 2.23. The molecule has 0 radical (unpaired) electrons. The zero-order valence-corrected chi connectivity index (χ0v) is 14.2. The number of benzene rings is 1. The second-order valence-electron chi connectivity index (χ2n) is 5.40. The molecule has 0 spiro atoms. The van der Waals surface area contributed by atoms with Crippen molar-refractivity contribution in [2.45, 2.75) is 13.5 Å². The molecule has 0 saturated heterocycles. The molecule has 128 valence electrons. The quantitative estimate of drug-likeness (QED) is 0.656. The molecule has 0 aliphatic heterocycles. The summed E-state index contributed by atoms with van der Waals surface area (Å²) in [6, 6.07) is 11.8. The van der Waals surface area contributed by atoms with Crippen molar-refractivity contribution in [3.8, 4) is 5.75 Å². The van der Waals surface area contributed by atoms with E-state index in [1.807, 2.05) is 13.0 Å². The van der Waals surface area contributed by atoms with E-state index in [1.54, 1.807) is 36.5 Å². The van der Waals surface area contributed by atoms with E-state index in [-0.39, 0.29) is 18.8 Å². The summed E-state index contributed by atoms with van der Waals surface area (Å²) in [6.07, 6.45) is 1.71. The van der Waals surface area contributed by atoms with Crippen LogP contribution in [0, 0.1) is 6.92 Å². The molecule has 0 unspecified atom stereocenters.